The quantitative estimate of drug-likeness (QED) is 0.732. The molecule has 10 heteroatoms. The van der Waals surface area contributed by atoms with E-state index in [1.165, 1.54) is 0 Å². The van der Waals surface area contributed by atoms with Gasteiger partial charge in [0.1, 0.15) is 0 Å². The van der Waals surface area contributed by atoms with E-state index in [9.17, 15) is 18.0 Å². The molecule has 0 saturated heterocycles. The highest BCUT2D eigenvalue weighted by Gasteiger charge is 2.36. The molecule has 1 amide bonds. The van der Waals surface area contributed by atoms with Gasteiger partial charge in [0.25, 0.3) is 11.6 Å². The summed E-state index contributed by atoms with van der Waals surface area (Å²) >= 11 is 0. The van der Waals surface area contributed by atoms with Gasteiger partial charge in [-0.2, -0.15) is 18.2 Å². The molecule has 138 valence electrons. The van der Waals surface area contributed by atoms with Crippen molar-refractivity contribution in [2.45, 2.75) is 39.8 Å². The van der Waals surface area contributed by atoms with Crippen molar-refractivity contribution < 1.29 is 18.0 Å². The van der Waals surface area contributed by atoms with Gasteiger partial charge in [-0.25, -0.2) is 9.50 Å². The van der Waals surface area contributed by atoms with E-state index < -0.39 is 12.0 Å². The van der Waals surface area contributed by atoms with Crippen LogP contribution in [0.25, 0.3) is 5.78 Å². The Morgan fingerprint density at radius 1 is 1.20 bits per heavy atom. The Morgan fingerprint density at radius 3 is 2.56 bits per heavy atom. The smallest absolute Gasteiger partial charge is 0.355 e. The van der Waals surface area contributed by atoms with Crippen molar-refractivity contribution in [2.24, 2.45) is 0 Å². The van der Waals surface area contributed by atoms with Gasteiger partial charge < -0.3 is 10.6 Å². The molecule has 0 aliphatic heterocycles. The van der Waals surface area contributed by atoms with Crippen LogP contribution in [0.15, 0.2) is 0 Å². The Bertz CT molecular complexity index is 756. The van der Waals surface area contributed by atoms with Crippen molar-refractivity contribution in [1.29, 1.82) is 0 Å². The van der Waals surface area contributed by atoms with Gasteiger partial charge in [0.15, 0.2) is 0 Å². The standard InChI is InChI=1S/C15H21F3N6O/c1-4-19-7-8-20-12(25)6-5-11-9(2)21-14-22-13(15(16,17)18)23-24(14)10(11)3/h19H,4-8H2,1-3H3,(H,20,25). The first kappa shape index (κ1) is 19.1. The van der Waals surface area contributed by atoms with Crippen molar-refractivity contribution in [3.8, 4) is 0 Å². The zero-order valence-corrected chi connectivity index (χ0v) is 14.4. The zero-order valence-electron chi connectivity index (χ0n) is 14.4. The van der Waals surface area contributed by atoms with Crippen LogP contribution in [0.5, 0.6) is 0 Å². The maximum Gasteiger partial charge on any atom is 0.453 e. The molecule has 0 aliphatic rings. The van der Waals surface area contributed by atoms with Crippen molar-refractivity contribution in [3.63, 3.8) is 0 Å². The van der Waals surface area contributed by atoms with E-state index in [2.05, 4.69) is 25.7 Å². The zero-order chi connectivity index (χ0) is 18.6. The average molecular weight is 358 g/mol. The number of carbonyl (C=O) groups excluding carboxylic acids is 1. The van der Waals surface area contributed by atoms with E-state index >= 15 is 0 Å². The van der Waals surface area contributed by atoms with Gasteiger partial charge in [0.2, 0.25) is 5.91 Å². The number of nitrogens with zero attached hydrogens (tertiary/aromatic N) is 4. The minimum absolute atomic E-state index is 0.0961. The maximum absolute atomic E-state index is 12.8. The van der Waals surface area contributed by atoms with Gasteiger partial charge in [0, 0.05) is 30.9 Å². The largest absolute Gasteiger partial charge is 0.453 e. The van der Waals surface area contributed by atoms with Crippen LogP contribution in [0.1, 0.15) is 36.1 Å². The molecule has 2 aromatic rings. The first-order valence-corrected chi connectivity index (χ1v) is 8.01. The number of aryl methyl sites for hydroxylation is 2. The number of hydrogen-bond acceptors (Lipinski definition) is 5. The van der Waals surface area contributed by atoms with Gasteiger partial charge in [-0.15, -0.1) is 5.10 Å². The number of alkyl halides is 3. The normalized spacial score (nSPS) is 11.9. The summed E-state index contributed by atoms with van der Waals surface area (Å²) in [7, 11) is 0. The summed E-state index contributed by atoms with van der Waals surface area (Å²) in [6.45, 7) is 7.36. The first-order valence-electron chi connectivity index (χ1n) is 8.01. The summed E-state index contributed by atoms with van der Waals surface area (Å²) in [4.78, 5) is 19.4. The Balaban J connectivity index is 2.12. The Kier molecular flexibility index (Phi) is 5.93. The minimum Gasteiger partial charge on any atom is -0.355 e. The first-order chi connectivity index (χ1) is 11.7. The molecule has 0 bridgehead atoms. The van der Waals surface area contributed by atoms with Crippen molar-refractivity contribution in [3.05, 3.63) is 22.8 Å². The molecule has 7 nitrogen and oxygen atoms in total. The number of rotatable bonds is 7. The molecular formula is C15H21F3N6O. The summed E-state index contributed by atoms with van der Waals surface area (Å²) in [6.07, 6.45) is -4.03. The van der Waals surface area contributed by atoms with E-state index in [1.807, 2.05) is 6.92 Å². The Hall–Kier alpha value is -2.23. The summed E-state index contributed by atoms with van der Waals surface area (Å²) in [6, 6.07) is 0. The Morgan fingerprint density at radius 2 is 1.92 bits per heavy atom. The second-order valence-corrected chi connectivity index (χ2v) is 5.61. The predicted molar refractivity (Wildman–Crippen MR) is 85.1 cm³/mol. The number of fused-ring (bicyclic) bond motifs is 1. The van der Waals surface area contributed by atoms with Crippen LogP contribution in [0.2, 0.25) is 0 Å². The predicted octanol–water partition coefficient (Wildman–Crippen LogP) is 1.42. The monoisotopic (exact) mass is 358 g/mol. The number of amides is 1. The maximum atomic E-state index is 12.8. The Labute approximate surface area is 143 Å². The number of aromatic nitrogens is 4. The molecule has 2 heterocycles. The molecule has 0 atom stereocenters. The SMILES string of the molecule is CCNCCNC(=O)CCc1c(C)nc2nc(C(F)(F)F)nn2c1C. The molecular weight excluding hydrogens is 337 g/mol. The van der Waals surface area contributed by atoms with Crippen LogP contribution in [-0.2, 0) is 17.4 Å². The fraction of sp³-hybridized carbons (Fsp3) is 0.600. The van der Waals surface area contributed by atoms with E-state index in [1.54, 1.807) is 13.8 Å². The van der Waals surface area contributed by atoms with Crippen LogP contribution in [-0.4, -0.2) is 45.1 Å². The molecule has 25 heavy (non-hydrogen) atoms. The summed E-state index contributed by atoms with van der Waals surface area (Å²) < 4.78 is 39.4. The number of hydrogen-bond donors (Lipinski definition) is 2. The van der Waals surface area contributed by atoms with E-state index in [0.29, 0.717) is 36.5 Å². The van der Waals surface area contributed by atoms with Crippen LogP contribution >= 0.6 is 0 Å². The van der Waals surface area contributed by atoms with Gasteiger partial charge in [-0.05, 0) is 32.4 Å². The molecule has 2 aromatic heterocycles. The molecule has 0 saturated carbocycles. The fourth-order valence-corrected chi connectivity index (χ4v) is 2.48. The lowest BCUT2D eigenvalue weighted by Gasteiger charge is -2.10. The lowest BCUT2D eigenvalue weighted by molar-refractivity contribution is -0.144. The van der Waals surface area contributed by atoms with Gasteiger partial charge in [-0.1, -0.05) is 6.92 Å². The highest BCUT2D eigenvalue weighted by Crippen LogP contribution is 2.27. The van der Waals surface area contributed by atoms with E-state index in [4.69, 9.17) is 0 Å². The van der Waals surface area contributed by atoms with Gasteiger partial charge in [0.05, 0.1) is 0 Å². The topological polar surface area (TPSA) is 84.2 Å². The molecule has 2 N–H and O–H groups in total. The molecule has 0 aromatic carbocycles. The number of likely N-dealkylation sites (N-methyl/N-ethyl adjacent to an activating group) is 1. The third-order valence-corrected chi connectivity index (χ3v) is 3.78. The fourth-order valence-electron chi connectivity index (χ4n) is 2.48. The summed E-state index contributed by atoms with van der Waals surface area (Å²) in [5.41, 5.74) is 1.76. The molecule has 0 fully saturated rings. The van der Waals surface area contributed by atoms with E-state index in [-0.39, 0.29) is 18.1 Å². The van der Waals surface area contributed by atoms with Crippen LogP contribution < -0.4 is 10.6 Å². The molecule has 2 rings (SSSR count). The van der Waals surface area contributed by atoms with Crippen molar-refractivity contribution >= 4 is 11.7 Å². The second-order valence-electron chi connectivity index (χ2n) is 5.61. The van der Waals surface area contributed by atoms with Crippen molar-refractivity contribution in [1.82, 2.24) is 30.2 Å². The molecule has 0 spiro atoms. The van der Waals surface area contributed by atoms with Gasteiger partial charge >= 0.3 is 6.18 Å². The van der Waals surface area contributed by atoms with Crippen molar-refractivity contribution in [2.75, 3.05) is 19.6 Å². The highest BCUT2D eigenvalue weighted by molar-refractivity contribution is 5.76. The number of halogens is 3. The highest BCUT2D eigenvalue weighted by atomic mass is 19.4. The van der Waals surface area contributed by atoms with E-state index in [0.717, 1.165) is 11.1 Å². The molecule has 0 aliphatic carbocycles. The minimum atomic E-state index is -4.62. The molecule has 0 unspecified atom stereocenters. The number of nitrogens with one attached hydrogen (secondary N) is 2. The van der Waals surface area contributed by atoms with Crippen LogP contribution in [0, 0.1) is 13.8 Å². The third kappa shape index (κ3) is 4.65. The lowest BCUT2D eigenvalue weighted by Crippen LogP contribution is -2.31. The average Bonchev–Trinajstić information content (AvgIpc) is 2.95. The summed E-state index contributed by atoms with van der Waals surface area (Å²) in [5.74, 6) is -1.44. The van der Waals surface area contributed by atoms with Crippen LogP contribution in [0.3, 0.4) is 0 Å². The second kappa shape index (κ2) is 7.77. The summed E-state index contributed by atoms with van der Waals surface area (Å²) in [5, 5.41) is 9.37. The molecule has 0 radical (unpaired) electrons. The lowest BCUT2D eigenvalue weighted by atomic mass is 10.1. The van der Waals surface area contributed by atoms with Crippen LogP contribution in [0.4, 0.5) is 13.2 Å². The third-order valence-electron chi connectivity index (χ3n) is 3.78. The van der Waals surface area contributed by atoms with Gasteiger partial charge in [-0.3, -0.25) is 4.79 Å². The number of carbonyl (C=O) groups is 1.